The highest BCUT2D eigenvalue weighted by Gasteiger charge is 2.31. The Kier molecular flexibility index (Phi) is 2.90. The zero-order valence-corrected chi connectivity index (χ0v) is 8.30. The predicted molar refractivity (Wildman–Crippen MR) is 55.7 cm³/mol. The van der Waals surface area contributed by atoms with Gasteiger partial charge in [-0.3, -0.25) is 0 Å². The third-order valence-electron chi connectivity index (χ3n) is 2.81. The SMILES string of the molecule is Oc1ccc(C2C(O)CNCC2O)cc1. The van der Waals surface area contributed by atoms with E-state index in [0.717, 1.165) is 5.56 Å². The molecule has 82 valence electrons. The van der Waals surface area contributed by atoms with Crippen LogP contribution >= 0.6 is 0 Å². The molecule has 0 amide bonds. The Hall–Kier alpha value is -1.10. The highest BCUT2D eigenvalue weighted by molar-refractivity contribution is 5.30. The van der Waals surface area contributed by atoms with Gasteiger partial charge in [0.2, 0.25) is 0 Å². The molecule has 1 aliphatic rings. The first-order valence-corrected chi connectivity index (χ1v) is 5.04. The number of piperidine rings is 1. The molecule has 4 nitrogen and oxygen atoms in total. The van der Waals surface area contributed by atoms with Gasteiger partial charge in [-0.25, -0.2) is 0 Å². The molecular formula is C11H15NO3. The highest BCUT2D eigenvalue weighted by atomic mass is 16.3. The number of β-amino-alcohol motifs (C(OH)–C–C–N with tert-alkyl or cyclic N) is 2. The molecule has 0 saturated carbocycles. The lowest BCUT2D eigenvalue weighted by Crippen LogP contribution is -2.48. The van der Waals surface area contributed by atoms with Gasteiger partial charge in [0.25, 0.3) is 0 Å². The zero-order valence-electron chi connectivity index (χ0n) is 8.30. The van der Waals surface area contributed by atoms with E-state index in [4.69, 9.17) is 5.11 Å². The normalized spacial score (nSPS) is 31.5. The minimum Gasteiger partial charge on any atom is -0.508 e. The van der Waals surface area contributed by atoms with Gasteiger partial charge in [0, 0.05) is 19.0 Å². The van der Waals surface area contributed by atoms with Crippen molar-refractivity contribution in [3.63, 3.8) is 0 Å². The summed E-state index contributed by atoms with van der Waals surface area (Å²) in [6, 6.07) is 6.60. The van der Waals surface area contributed by atoms with Crippen molar-refractivity contribution in [3.8, 4) is 5.75 Å². The summed E-state index contributed by atoms with van der Waals surface area (Å²) < 4.78 is 0. The van der Waals surface area contributed by atoms with E-state index in [-0.39, 0.29) is 11.7 Å². The molecule has 4 heteroatoms. The van der Waals surface area contributed by atoms with Crippen LogP contribution in [0.15, 0.2) is 24.3 Å². The van der Waals surface area contributed by atoms with Crippen LogP contribution in [-0.4, -0.2) is 40.6 Å². The van der Waals surface area contributed by atoms with Gasteiger partial charge in [-0.2, -0.15) is 0 Å². The fourth-order valence-electron chi connectivity index (χ4n) is 2.03. The number of aliphatic hydroxyl groups excluding tert-OH is 2. The largest absolute Gasteiger partial charge is 0.508 e. The average molecular weight is 209 g/mol. The molecule has 0 bridgehead atoms. The fourth-order valence-corrected chi connectivity index (χ4v) is 2.03. The maximum Gasteiger partial charge on any atom is 0.115 e. The lowest BCUT2D eigenvalue weighted by atomic mass is 9.86. The number of nitrogens with one attached hydrogen (secondary N) is 1. The molecule has 1 aromatic rings. The minimum atomic E-state index is -0.585. The number of hydrogen-bond donors (Lipinski definition) is 4. The monoisotopic (exact) mass is 209 g/mol. The van der Waals surface area contributed by atoms with Crippen LogP contribution in [-0.2, 0) is 0 Å². The molecule has 0 radical (unpaired) electrons. The lowest BCUT2D eigenvalue weighted by molar-refractivity contribution is 0.0264. The summed E-state index contributed by atoms with van der Waals surface area (Å²) in [5.41, 5.74) is 0.856. The van der Waals surface area contributed by atoms with Crippen LogP contribution in [0, 0.1) is 0 Å². The average Bonchev–Trinajstić information content (AvgIpc) is 2.20. The van der Waals surface area contributed by atoms with E-state index in [1.54, 1.807) is 24.3 Å². The molecule has 4 N–H and O–H groups in total. The highest BCUT2D eigenvalue weighted by Crippen LogP contribution is 2.27. The summed E-state index contributed by atoms with van der Waals surface area (Å²) in [6.45, 7) is 0.977. The molecule has 2 rings (SSSR count). The van der Waals surface area contributed by atoms with Crippen LogP contribution in [0.25, 0.3) is 0 Å². The first kappa shape index (κ1) is 10.4. The molecule has 0 aromatic heterocycles. The van der Waals surface area contributed by atoms with E-state index < -0.39 is 12.2 Å². The number of rotatable bonds is 1. The third-order valence-corrected chi connectivity index (χ3v) is 2.81. The molecule has 0 spiro atoms. The van der Waals surface area contributed by atoms with Gasteiger partial charge in [0.15, 0.2) is 0 Å². The first-order valence-electron chi connectivity index (χ1n) is 5.04. The van der Waals surface area contributed by atoms with Crippen molar-refractivity contribution in [1.29, 1.82) is 0 Å². The van der Waals surface area contributed by atoms with Crippen molar-refractivity contribution in [2.75, 3.05) is 13.1 Å². The van der Waals surface area contributed by atoms with Crippen LogP contribution in [0.1, 0.15) is 11.5 Å². The lowest BCUT2D eigenvalue weighted by Gasteiger charge is -2.33. The Bertz CT molecular complexity index is 315. The molecule has 2 atom stereocenters. The summed E-state index contributed by atoms with van der Waals surface area (Å²) in [5, 5.41) is 31.6. The van der Waals surface area contributed by atoms with Crippen LogP contribution in [0.3, 0.4) is 0 Å². The Labute approximate surface area is 88.2 Å². The van der Waals surface area contributed by atoms with Crippen molar-refractivity contribution in [1.82, 2.24) is 5.32 Å². The maximum absolute atomic E-state index is 9.78. The number of phenols is 1. The summed E-state index contributed by atoms with van der Waals surface area (Å²) in [7, 11) is 0. The smallest absolute Gasteiger partial charge is 0.115 e. The molecule has 15 heavy (non-hydrogen) atoms. The van der Waals surface area contributed by atoms with Crippen molar-refractivity contribution in [2.24, 2.45) is 0 Å². The standard InChI is InChI=1S/C11H15NO3/c13-8-3-1-7(2-4-8)11-9(14)5-12-6-10(11)15/h1-4,9-15H,5-6H2. The van der Waals surface area contributed by atoms with Crippen molar-refractivity contribution < 1.29 is 15.3 Å². The Balaban J connectivity index is 2.23. The Morgan fingerprint density at radius 3 is 2.07 bits per heavy atom. The van der Waals surface area contributed by atoms with Gasteiger partial charge in [-0.1, -0.05) is 12.1 Å². The van der Waals surface area contributed by atoms with Crippen LogP contribution in [0.4, 0.5) is 0 Å². The predicted octanol–water partition coefficient (Wildman–Crippen LogP) is -0.199. The van der Waals surface area contributed by atoms with Gasteiger partial charge < -0.3 is 20.6 Å². The maximum atomic E-state index is 9.78. The van der Waals surface area contributed by atoms with E-state index in [2.05, 4.69) is 5.32 Å². The summed E-state index contributed by atoms with van der Waals surface area (Å²) >= 11 is 0. The van der Waals surface area contributed by atoms with E-state index >= 15 is 0 Å². The Morgan fingerprint density at radius 1 is 1.00 bits per heavy atom. The molecule has 1 aromatic carbocycles. The summed E-state index contributed by atoms with van der Waals surface area (Å²) in [4.78, 5) is 0. The zero-order chi connectivity index (χ0) is 10.8. The molecule has 1 heterocycles. The Morgan fingerprint density at radius 2 is 1.53 bits per heavy atom. The van der Waals surface area contributed by atoms with Gasteiger partial charge in [0.1, 0.15) is 5.75 Å². The second-order valence-electron chi connectivity index (χ2n) is 3.91. The van der Waals surface area contributed by atoms with Gasteiger partial charge in [-0.15, -0.1) is 0 Å². The van der Waals surface area contributed by atoms with Crippen molar-refractivity contribution >= 4 is 0 Å². The van der Waals surface area contributed by atoms with Gasteiger partial charge in [0.05, 0.1) is 12.2 Å². The fraction of sp³-hybridized carbons (Fsp3) is 0.455. The second-order valence-corrected chi connectivity index (χ2v) is 3.91. The molecule has 2 unspecified atom stereocenters. The minimum absolute atomic E-state index is 0.191. The summed E-state index contributed by atoms with van der Waals surface area (Å²) in [5.74, 6) is -0.0801. The molecule has 1 aliphatic heterocycles. The molecule has 1 saturated heterocycles. The summed E-state index contributed by atoms with van der Waals surface area (Å²) in [6.07, 6.45) is -1.17. The van der Waals surface area contributed by atoms with Crippen molar-refractivity contribution in [2.45, 2.75) is 18.1 Å². The second kappa shape index (κ2) is 4.18. The number of phenolic OH excluding ortho intramolecular Hbond substituents is 1. The number of aromatic hydroxyl groups is 1. The van der Waals surface area contributed by atoms with Crippen LogP contribution < -0.4 is 5.32 Å². The molecule has 1 fully saturated rings. The topological polar surface area (TPSA) is 72.7 Å². The van der Waals surface area contributed by atoms with E-state index in [1.165, 1.54) is 0 Å². The number of benzene rings is 1. The van der Waals surface area contributed by atoms with E-state index in [1.807, 2.05) is 0 Å². The van der Waals surface area contributed by atoms with Gasteiger partial charge in [-0.05, 0) is 17.7 Å². The van der Waals surface area contributed by atoms with E-state index in [9.17, 15) is 10.2 Å². The third kappa shape index (κ3) is 2.12. The van der Waals surface area contributed by atoms with Crippen molar-refractivity contribution in [3.05, 3.63) is 29.8 Å². The molecule has 0 aliphatic carbocycles. The van der Waals surface area contributed by atoms with Gasteiger partial charge >= 0.3 is 0 Å². The first-order chi connectivity index (χ1) is 7.18. The number of aliphatic hydroxyl groups is 2. The van der Waals surface area contributed by atoms with Crippen LogP contribution in [0.2, 0.25) is 0 Å². The van der Waals surface area contributed by atoms with Crippen LogP contribution in [0.5, 0.6) is 5.75 Å². The number of hydrogen-bond acceptors (Lipinski definition) is 4. The quantitative estimate of drug-likeness (QED) is 0.517. The molecular weight excluding hydrogens is 194 g/mol. The van der Waals surface area contributed by atoms with E-state index in [0.29, 0.717) is 13.1 Å².